The van der Waals surface area contributed by atoms with Gasteiger partial charge in [-0.1, -0.05) is 18.2 Å². The van der Waals surface area contributed by atoms with Gasteiger partial charge in [0.1, 0.15) is 11.9 Å². The Bertz CT molecular complexity index is 911. The van der Waals surface area contributed by atoms with Gasteiger partial charge in [0.2, 0.25) is 10.0 Å². The van der Waals surface area contributed by atoms with E-state index in [-0.39, 0.29) is 22.9 Å². The Balaban J connectivity index is 1.77. The first-order valence-electron chi connectivity index (χ1n) is 7.04. The average molecular weight is 363 g/mol. The molecule has 3 rings (SSSR count). The van der Waals surface area contributed by atoms with Crippen LogP contribution in [0, 0.1) is 0 Å². The van der Waals surface area contributed by atoms with Crippen LogP contribution in [0.2, 0.25) is 0 Å². The van der Waals surface area contributed by atoms with Gasteiger partial charge in [0.05, 0.1) is 23.6 Å². The number of rotatable bonds is 7. The number of nitrogens with zero attached hydrogens (tertiary/aromatic N) is 4. The van der Waals surface area contributed by atoms with Gasteiger partial charge in [0.25, 0.3) is 5.88 Å². The number of esters is 1. The van der Waals surface area contributed by atoms with Crippen molar-refractivity contribution in [3.05, 3.63) is 48.4 Å². The molecule has 2 aromatic heterocycles. The third kappa shape index (κ3) is 4.24. The van der Waals surface area contributed by atoms with Gasteiger partial charge < -0.3 is 4.74 Å². The Morgan fingerprint density at radius 2 is 1.84 bits per heavy atom. The van der Waals surface area contributed by atoms with Crippen LogP contribution in [0.4, 0.5) is 0 Å². The lowest BCUT2D eigenvalue weighted by molar-refractivity contribution is -0.135. The lowest BCUT2D eigenvalue weighted by atomic mass is 10.2. The summed E-state index contributed by atoms with van der Waals surface area (Å²) < 4.78 is 32.4. The minimum absolute atomic E-state index is 0.0187. The van der Waals surface area contributed by atoms with Crippen molar-refractivity contribution in [2.24, 2.45) is 0 Å². The summed E-state index contributed by atoms with van der Waals surface area (Å²) in [6.07, 6.45) is 2.23. The Morgan fingerprint density at radius 3 is 2.48 bits per heavy atom. The standard InChI is InChI=1S/C13H13N7O4S/c21-13(24-12-8-15-20-17-12)6-10(11-7-14-19-16-11)18-25(22,23)9-4-2-1-3-5-9/h1-5,7-8,10,18H,6H2,(H,14,16,19)(H,15,17,20). The first-order valence-corrected chi connectivity index (χ1v) is 8.52. The Hall–Kier alpha value is -3.12. The molecule has 3 N–H and O–H groups in total. The van der Waals surface area contributed by atoms with Crippen LogP contribution in [-0.2, 0) is 14.8 Å². The van der Waals surface area contributed by atoms with Crippen molar-refractivity contribution >= 4 is 16.0 Å². The molecule has 0 saturated carbocycles. The van der Waals surface area contributed by atoms with Crippen molar-refractivity contribution in [2.45, 2.75) is 17.4 Å². The summed E-state index contributed by atoms with van der Waals surface area (Å²) in [7, 11) is -3.87. The topological polar surface area (TPSA) is 156 Å². The van der Waals surface area contributed by atoms with Crippen LogP contribution >= 0.6 is 0 Å². The molecule has 1 aromatic carbocycles. The van der Waals surface area contributed by atoms with Gasteiger partial charge in [0, 0.05) is 0 Å². The Kier molecular flexibility index (Phi) is 4.81. The van der Waals surface area contributed by atoms with E-state index in [0.717, 1.165) is 0 Å². The van der Waals surface area contributed by atoms with E-state index in [1.54, 1.807) is 18.2 Å². The fraction of sp³-hybridized carbons (Fsp3) is 0.154. The summed E-state index contributed by atoms with van der Waals surface area (Å²) in [5.41, 5.74) is 0.247. The molecule has 25 heavy (non-hydrogen) atoms. The number of nitrogens with one attached hydrogen (secondary N) is 3. The summed E-state index contributed by atoms with van der Waals surface area (Å²) in [5.74, 6) is -0.729. The van der Waals surface area contributed by atoms with Gasteiger partial charge in [-0.3, -0.25) is 4.79 Å². The monoisotopic (exact) mass is 363 g/mol. The molecule has 2 heterocycles. The molecular weight excluding hydrogens is 350 g/mol. The number of benzene rings is 1. The van der Waals surface area contributed by atoms with Crippen LogP contribution in [0.5, 0.6) is 5.88 Å². The number of hydrogen-bond donors (Lipinski definition) is 3. The van der Waals surface area contributed by atoms with E-state index in [2.05, 4.69) is 35.5 Å². The number of sulfonamides is 1. The Morgan fingerprint density at radius 1 is 1.12 bits per heavy atom. The number of carbonyl (C=O) groups is 1. The molecule has 0 amide bonds. The van der Waals surface area contributed by atoms with Gasteiger partial charge in [0.15, 0.2) is 0 Å². The first-order chi connectivity index (χ1) is 12.0. The number of ether oxygens (including phenoxy) is 1. The number of aromatic amines is 2. The number of aromatic nitrogens is 6. The van der Waals surface area contributed by atoms with Gasteiger partial charge in [-0.15, -0.1) is 5.10 Å². The summed E-state index contributed by atoms with van der Waals surface area (Å²) in [6, 6.07) is 6.80. The zero-order valence-electron chi connectivity index (χ0n) is 12.7. The first kappa shape index (κ1) is 16.7. The largest absolute Gasteiger partial charge is 0.404 e. The molecule has 1 atom stereocenters. The quantitative estimate of drug-likeness (QED) is 0.493. The Labute approximate surface area is 141 Å². The van der Waals surface area contributed by atoms with Crippen LogP contribution in [0.3, 0.4) is 0 Å². The highest BCUT2D eigenvalue weighted by atomic mass is 32.2. The SMILES string of the molecule is O=C(CC(NS(=O)(=O)c1ccccc1)c1cn[nH]n1)Oc1cn[nH]n1. The highest BCUT2D eigenvalue weighted by Crippen LogP contribution is 2.19. The molecule has 12 heteroatoms. The molecule has 0 spiro atoms. The molecule has 0 aliphatic rings. The van der Waals surface area contributed by atoms with E-state index < -0.39 is 22.0 Å². The lowest BCUT2D eigenvalue weighted by Gasteiger charge is -2.15. The second kappa shape index (κ2) is 7.19. The van der Waals surface area contributed by atoms with Crippen molar-refractivity contribution in [3.63, 3.8) is 0 Å². The highest BCUT2D eigenvalue weighted by Gasteiger charge is 2.26. The van der Waals surface area contributed by atoms with Gasteiger partial charge in [-0.25, -0.2) is 13.1 Å². The molecule has 11 nitrogen and oxygen atoms in total. The average Bonchev–Trinajstić information content (AvgIpc) is 3.28. The zero-order chi connectivity index (χ0) is 17.7. The fourth-order valence-corrected chi connectivity index (χ4v) is 3.24. The number of H-pyrrole nitrogens is 2. The molecule has 0 aliphatic heterocycles. The van der Waals surface area contributed by atoms with Gasteiger partial charge >= 0.3 is 5.97 Å². The normalized spacial score (nSPS) is 12.6. The number of hydrogen-bond acceptors (Lipinski definition) is 8. The van der Waals surface area contributed by atoms with E-state index in [4.69, 9.17) is 4.74 Å². The highest BCUT2D eigenvalue weighted by molar-refractivity contribution is 7.89. The smallest absolute Gasteiger partial charge is 0.314 e. The van der Waals surface area contributed by atoms with E-state index in [0.29, 0.717) is 0 Å². The maximum Gasteiger partial charge on any atom is 0.314 e. The zero-order valence-corrected chi connectivity index (χ0v) is 13.5. The molecule has 0 fully saturated rings. The van der Waals surface area contributed by atoms with Crippen LogP contribution in [0.15, 0.2) is 47.6 Å². The van der Waals surface area contributed by atoms with E-state index in [1.165, 1.54) is 24.5 Å². The molecule has 0 saturated heterocycles. The van der Waals surface area contributed by atoms with Crippen molar-refractivity contribution in [3.8, 4) is 5.88 Å². The van der Waals surface area contributed by atoms with Crippen molar-refractivity contribution < 1.29 is 17.9 Å². The third-order valence-electron chi connectivity index (χ3n) is 3.12. The summed E-state index contributed by atoms with van der Waals surface area (Å²) in [5, 5.41) is 19.3. The lowest BCUT2D eigenvalue weighted by Crippen LogP contribution is -2.31. The maximum absolute atomic E-state index is 12.5. The van der Waals surface area contributed by atoms with Crippen molar-refractivity contribution in [2.75, 3.05) is 0 Å². The molecule has 1 unspecified atom stereocenters. The van der Waals surface area contributed by atoms with E-state index in [1.807, 2.05) is 0 Å². The number of carbonyl (C=O) groups excluding carboxylic acids is 1. The summed E-state index contributed by atoms with van der Waals surface area (Å²) in [6.45, 7) is 0. The van der Waals surface area contributed by atoms with Gasteiger partial charge in [-0.05, 0) is 12.1 Å². The fourth-order valence-electron chi connectivity index (χ4n) is 2.01. The minimum atomic E-state index is -3.87. The maximum atomic E-state index is 12.5. The summed E-state index contributed by atoms with van der Waals surface area (Å²) in [4.78, 5) is 12.1. The molecule has 3 aromatic rings. The van der Waals surface area contributed by atoms with Crippen LogP contribution in [0.25, 0.3) is 0 Å². The summed E-state index contributed by atoms with van der Waals surface area (Å²) >= 11 is 0. The van der Waals surface area contributed by atoms with Crippen LogP contribution in [-0.4, -0.2) is 45.2 Å². The minimum Gasteiger partial charge on any atom is -0.404 e. The molecule has 130 valence electrons. The van der Waals surface area contributed by atoms with Crippen molar-refractivity contribution in [1.82, 2.24) is 35.5 Å². The second-order valence-electron chi connectivity index (χ2n) is 4.87. The predicted molar refractivity (Wildman–Crippen MR) is 82.5 cm³/mol. The molecule has 0 bridgehead atoms. The van der Waals surface area contributed by atoms with Gasteiger partial charge in [-0.2, -0.15) is 25.7 Å². The molecule has 0 aliphatic carbocycles. The van der Waals surface area contributed by atoms with Crippen LogP contribution in [0.1, 0.15) is 18.2 Å². The van der Waals surface area contributed by atoms with Crippen LogP contribution < -0.4 is 9.46 Å². The predicted octanol–water partition coefficient (Wildman–Crippen LogP) is -0.0619. The second-order valence-corrected chi connectivity index (χ2v) is 6.58. The third-order valence-corrected chi connectivity index (χ3v) is 4.61. The van der Waals surface area contributed by atoms with E-state index >= 15 is 0 Å². The van der Waals surface area contributed by atoms with Crippen molar-refractivity contribution in [1.29, 1.82) is 0 Å². The molecule has 0 radical (unpaired) electrons. The molecular formula is C13H13N7O4S. The van der Waals surface area contributed by atoms with E-state index in [9.17, 15) is 13.2 Å².